The van der Waals surface area contributed by atoms with Gasteiger partial charge in [-0.3, -0.25) is 0 Å². The highest BCUT2D eigenvalue weighted by molar-refractivity contribution is 7.75. The van der Waals surface area contributed by atoms with E-state index in [9.17, 15) is 0 Å². The predicted octanol–water partition coefficient (Wildman–Crippen LogP) is 0.481. The molecular formula is C3H4OS. The van der Waals surface area contributed by atoms with Gasteiger partial charge in [0, 0.05) is 0 Å². The Bertz CT molecular complexity index is 45.3. The average molecular weight is 88.1 g/mol. The van der Waals surface area contributed by atoms with E-state index in [-0.39, 0.29) is 6.61 Å². The third kappa shape index (κ3) is 3.87. The molecule has 0 heterocycles. The fourth-order valence-corrected chi connectivity index (χ4v) is 0.112. The maximum absolute atomic E-state index is 4.72. The van der Waals surface area contributed by atoms with Crippen molar-refractivity contribution in [1.82, 2.24) is 0 Å². The van der Waals surface area contributed by atoms with Crippen LogP contribution in [0.2, 0.25) is 0 Å². The van der Waals surface area contributed by atoms with Crippen molar-refractivity contribution in [2.45, 2.75) is 0 Å². The van der Waals surface area contributed by atoms with Gasteiger partial charge in [-0.1, -0.05) is 5.92 Å². The zero-order valence-corrected chi connectivity index (χ0v) is 3.53. The quantitative estimate of drug-likeness (QED) is 0.278. The highest BCUT2D eigenvalue weighted by Crippen LogP contribution is 1.70. The lowest BCUT2D eigenvalue weighted by Crippen LogP contribution is -1.70. The smallest absolute Gasteiger partial charge is 0.121 e. The van der Waals surface area contributed by atoms with Crippen molar-refractivity contribution < 1.29 is 4.18 Å². The summed E-state index contributed by atoms with van der Waals surface area (Å²) in [6.07, 6.45) is 4.72. The van der Waals surface area contributed by atoms with Gasteiger partial charge in [0.2, 0.25) is 0 Å². The number of thiol groups is 1. The van der Waals surface area contributed by atoms with Crippen molar-refractivity contribution in [3.8, 4) is 12.3 Å². The fraction of sp³-hybridized carbons (Fsp3) is 0.333. The summed E-state index contributed by atoms with van der Waals surface area (Å²) in [5, 5.41) is 0. The average Bonchev–Trinajstić information content (AvgIpc) is 1.41. The van der Waals surface area contributed by atoms with Gasteiger partial charge in [-0.25, -0.2) is 0 Å². The second-order valence-electron chi connectivity index (χ2n) is 0.478. The van der Waals surface area contributed by atoms with E-state index in [0.29, 0.717) is 0 Å². The predicted molar refractivity (Wildman–Crippen MR) is 23.8 cm³/mol. The van der Waals surface area contributed by atoms with Crippen LogP contribution in [0, 0.1) is 12.3 Å². The second kappa shape index (κ2) is 3.87. The van der Waals surface area contributed by atoms with Crippen LogP contribution in [0.5, 0.6) is 0 Å². The molecule has 0 saturated heterocycles. The Kier molecular flexibility index (Phi) is 3.77. The highest BCUT2D eigenvalue weighted by Gasteiger charge is 1.59. The number of rotatable bonds is 1. The maximum atomic E-state index is 4.72. The summed E-state index contributed by atoms with van der Waals surface area (Å²) in [5.74, 6) is 2.22. The third-order valence-electron chi connectivity index (χ3n) is 0.148. The Hall–Kier alpha value is -0.130. The topological polar surface area (TPSA) is 9.23 Å². The summed E-state index contributed by atoms with van der Waals surface area (Å²) in [6, 6.07) is 0. The lowest BCUT2D eigenvalue weighted by Gasteiger charge is -1.74. The molecular weight excluding hydrogens is 84.1 g/mol. The Morgan fingerprint density at radius 3 is 2.60 bits per heavy atom. The van der Waals surface area contributed by atoms with E-state index in [2.05, 4.69) is 23.0 Å². The monoisotopic (exact) mass is 88.0 g/mol. The van der Waals surface area contributed by atoms with Gasteiger partial charge in [-0.15, -0.1) is 6.42 Å². The first-order chi connectivity index (χ1) is 2.41. The van der Waals surface area contributed by atoms with Crippen molar-refractivity contribution in [3.63, 3.8) is 0 Å². The van der Waals surface area contributed by atoms with Gasteiger partial charge in [0.15, 0.2) is 0 Å². The zero-order chi connectivity index (χ0) is 4.12. The van der Waals surface area contributed by atoms with Crippen LogP contribution in [0.15, 0.2) is 0 Å². The Morgan fingerprint density at radius 1 is 2.00 bits per heavy atom. The van der Waals surface area contributed by atoms with Crippen molar-refractivity contribution in [2.75, 3.05) is 6.61 Å². The maximum Gasteiger partial charge on any atom is 0.121 e. The second-order valence-corrected chi connectivity index (χ2v) is 0.736. The first-order valence-electron chi connectivity index (χ1n) is 1.11. The molecule has 0 aliphatic rings. The first kappa shape index (κ1) is 4.87. The summed E-state index contributed by atoms with van der Waals surface area (Å²) >= 11 is 3.36. The molecule has 0 atom stereocenters. The molecule has 0 unspecified atom stereocenters. The zero-order valence-electron chi connectivity index (χ0n) is 2.64. The molecule has 28 valence electrons. The third-order valence-corrected chi connectivity index (χ3v) is 0.277. The summed E-state index contributed by atoms with van der Waals surface area (Å²) in [5.41, 5.74) is 0. The molecule has 0 rings (SSSR count). The Labute approximate surface area is 36.9 Å². The van der Waals surface area contributed by atoms with Gasteiger partial charge in [0.25, 0.3) is 0 Å². The molecule has 0 spiro atoms. The SMILES string of the molecule is C#CCOS. The molecule has 0 amide bonds. The normalized spacial score (nSPS) is 6.40. The molecule has 5 heavy (non-hydrogen) atoms. The molecule has 0 bridgehead atoms. The van der Waals surface area contributed by atoms with Crippen molar-refractivity contribution >= 4 is 12.9 Å². The van der Waals surface area contributed by atoms with E-state index in [0.717, 1.165) is 0 Å². The molecule has 0 aromatic heterocycles. The minimum atomic E-state index is 0.281. The minimum Gasteiger partial charge on any atom is -0.306 e. The van der Waals surface area contributed by atoms with Gasteiger partial charge in [0.1, 0.15) is 6.61 Å². The summed E-state index contributed by atoms with van der Waals surface area (Å²) in [7, 11) is 0. The van der Waals surface area contributed by atoms with E-state index in [1.54, 1.807) is 0 Å². The lowest BCUT2D eigenvalue weighted by atomic mass is 10.8. The minimum absolute atomic E-state index is 0.281. The number of terminal acetylenes is 1. The fourth-order valence-electron chi connectivity index (χ4n) is 0.0373. The number of hydrogen-bond acceptors (Lipinski definition) is 2. The van der Waals surface area contributed by atoms with Gasteiger partial charge in [-0.05, 0) is 12.9 Å². The molecule has 0 aromatic rings. The lowest BCUT2D eigenvalue weighted by molar-refractivity contribution is 0.447. The molecule has 0 radical (unpaired) electrons. The van der Waals surface area contributed by atoms with Crippen LogP contribution in [-0.4, -0.2) is 6.61 Å². The largest absolute Gasteiger partial charge is 0.306 e. The van der Waals surface area contributed by atoms with Crippen molar-refractivity contribution in [3.05, 3.63) is 0 Å². The molecule has 0 fully saturated rings. The van der Waals surface area contributed by atoms with E-state index in [1.165, 1.54) is 0 Å². The van der Waals surface area contributed by atoms with Crippen LogP contribution in [0.25, 0.3) is 0 Å². The van der Waals surface area contributed by atoms with E-state index < -0.39 is 0 Å². The summed E-state index contributed by atoms with van der Waals surface area (Å²) in [6.45, 7) is 0.281. The Morgan fingerprint density at radius 2 is 2.60 bits per heavy atom. The van der Waals surface area contributed by atoms with Gasteiger partial charge < -0.3 is 4.18 Å². The summed E-state index contributed by atoms with van der Waals surface area (Å²) in [4.78, 5) is 0. The molecule has 2 heteroatoms. The van der Waals surface area contributed by atoms with Crippen LogP contribution in [0.1, 0.15) is 0 Å². The highest BCUT2D eigenvalue weighted by atomic mass is 32.1. The summed E-state index contributed by atoms with van der Waals surface area (Å²) < 4.78 is 4.15. The molecule has 0 aliphatic carbocycles. The van der Waals surface area contributed by atoms with Crippen LogP contribution >= 0.6 is 12.9 Å². The first-order valence-corrected chi connectivity index (χ1v) is 1.48. The van der Waals surface area contributed by atoms with E-state index in [4.69, 9.17) is 6.42 Å². The molecule has 1 nitrogen and oxygen atoms in total. The van der Waals surface area contributed by atoms with Gasteiger partial charge >= 0.3 is 0 Å². The number of hydrogen-bond donors (Lipinski definition) is 1. The van der Waals surface area contributed by atoms with E-state index in [1.807, 2.05) is 0 Å². The van der Waals surface area contributed by atoms with Crippen LogP contribution < -0.4 is 0 Å². The molecule has 0 aromatic carbocycles. The standard InChI is InChI=1S/C3H4OS/c1-2-3-4-5/h1,5H,3H2. The van der Waals surface area contributed by atoms with Crippen molar-refractivity contribution in [2.24, 2.45) is 0 Å². The molecule has 0 aliphatic heterocycles. The van der Waals surface area contributed by atoms with Gasteiger partial charge in [0.05, 0.1) is 0 Å². The van der Waals surface area contributed by atoms with Crippen molar-refractivity contribution in [1.29, 1.82) is 0 Å². The van der Waals surface area contributed by atoms with E-state index >= 15 is 0 Å². The van der Waals surface area contributed by atoms with Crippen LogP contribution in [-0.2, 0) is 4.18 Å². The van der Waals surface area contributed by atoms with Crippen LogP contribution in [0.3, 0.4) is 0 Å². The molecule has 0 N–H and O–H groups in total. The molecule has 0 saturated carbocycles. The Balaban J connectivity index is 2.48. The van der Waals surface area contributed by atoms with Crippen LogP contribution in [0.4, 0.5) is 0 Å². The van der Waals surface area contributed by atoms with Gasteiger partial charge in [-0.2, -0.15) is 0 Å².